The highest BCUT2D eigenvalue weighted by Gasteiger charge is 2.08. The Hall–Kier alpha value is -2.66. The zero-order valence-electron chi connectivity index (χ0n) is 13.1. The van der Waals surface area contributed by atoms with E-state index < -0.39 is 0 Å². The van der Waals surface area contributed by atoms with Crippen LogP contribution < -0.4 is 10.6 Å². The number of benzene rings is 2. The molecule has 0 fully saturated rings. The van der Waals surface area contributed by atoms with Gasteiger partial charge < -0.3 is 10.6 Å². The third kappa shape index (κ3) is 4.20. The number of hydrogen-bond acceptors (Lipinski definition) is 3. The maximum atomic E-state index is 12.1. The molecule has 0 aliphatic carbocycles. The highest BCUT2D eigenvalue weighted by Crippen LogP contribution is 2.18. The van der Waals surface area contributed by atoms with Crippen molar-refractivity contribution in [2.45, 2.75) is 13.0 Å². The van der Waals surface area contributed by atoms with E-state index in [1.165, 1.54) is 0 Å². The zero-order valence-corrected chi connectivity index (χ0v) is 13.9. The monoisotopic (exact) mass is 338 g/mol. The molecule has 0 bridgehead atoms. The maximum Gasteiger partial charge on any atom is 0.239 e. The zero-order chi connectivity index (χ0) is 16.8. The van der Waals surface area contributed by atoms with E-state index in [0.29, 0.717) is 6.54 Å². The van der Waals surface area contributed by atoms with Gasteiger partial charge in [-0.3, -0.25) is 9.59 Å². The molecule has 122 valence electrons. The molecule has 3 aromatic rings. The van der Waals surface area contributed by atoms with Crippen molar-refractivity contribution in [1.29, 1.82) is 0 Å². The lowest BCUT2D eigenvalue weighted by Gasteiger charge is -2.08. The summed E-state index contributed by atoms with van der Waals surface area (Å²) in [6.45, 7) is 0.491. The van der Waals surface area contributed by atoms with Crippen molar-refractivity contribution in [3.05, 3.63) is 70.4 Å². The van der Waals surface area contributed by atoms with Gasteiger partial charge in [-0.05, 0) is 27.8 Å². The Bertz CT molecular complexity index is 838. The molecule has 0 saturated carbocycles. The molecule has 0 saturated heterocycles. The van der Waals surface area contributed by atoms with Gasteiger partial charge in [0.05, 0.1) is 19.5 Å². The Kier molecular flexibility index (Phi) is 5.23. The summed E-state index contributed by atoms with van der Waals surface area (Å²) in [5.41, 5.74) is 0.963. The molecule has 0 spiro atoms. The standard InChI is InChI=1S/C19H18N2O2S/c22-18(21-13-19(23)20-12-16-8-4-10-24-16)11-15-7-3-6-14-5-1-2-9-17(14)15/h1-10H,11-13H2,(H,20,23)(H,21,22). The second-order valence-electron chi connectivity index (χ2n) is 5.45. The summed E-state index contributed by atoms with van der Waals surface area (Å²) >= 11 is 1.59. The predicted molar refractivity (Wildman–Crippen MR) is 96.8 cm³/mol. The lowest BCUT2D eigenvalue weighted by Crippen LogP contribution is -2.37. The molecule has 24 heavy (non-hydrogen) atoms. The first kappa shape index (κ1) is 16.2. The molecule has 2 amide bonds. The van der Waals surface area contributed by atoms with Crippen LogP contribution in [0.25, 0.3) is 10.8 Å². The van der Waals surface area contributed by atoms with Crippen molar-refractivity contribution < 1.29 is 9.59 Å². The molecule has 2 aromatic carbocycles. The molecule has 0 atom stereocenters. The van der Waals surface area contributed by atoms with Gasteiger partial charge in [-0.15, -0.1) is 11.3 Å². The Morgan fingerprint density at radius 3 is 2.54 bits per heavy atom. The molecule has 5 heteroatoms. The van der Waals surface area contributed by atoms with Crippen LogP contribution in [0.3, 0.4) is 0 Å². The van der Waals surface area contributed by atoms with Crippen molar-refractivity contribution in [2.24, 2.45) is 0 Å². The predicted octanol–water partition coefficient (Wildman–Crippen LogP) is 2.88. The minimum atomic E-state index is -0.185. The molecule has 3 rings (SSSR count). The SMILES string of the molecule is O=C(CNC(=O)Cc1cccc2ccccc12)NCc1cccs1. The number of thiophene rings is 1. The summed E-state index contributed by atoms with van der Waals surface area (Å²) in [6, 6.07) is 17.8. The molecular weight excluding hydrogens is 320 g/mol. The quantitative estimate of drug-likeness (QED) is 0.726. The Morgan fingerprint density at radius 2 is 1.71 bits per heavy atom. The van der Waals surface area contributed by atoms with Gasteiger partial charge in [0, 0.05) is 4.88 Å². The maximum absolute atomic E-state index is 12.1. The second-order valence-corrected chi connectivity index (χ2v) is 6.48. The first-order chi connectivity index (χ1) is 11.7. The van der Waals surface area contributed by atoms with Crippen LogP contribution in [0.15, 0.2) is 60.0 Å². The number of carbonyl (C=O) groups excluding carboxylic acids is 2. The fourth-order valence-corrected chi connectivity index (χ4v) is 3.17. The number of fused-ring (bicyclic) bond motifs is 1. The van der Waals surface area contributed by atoms with Crippen molar-refractivity contribution in [3.8, 4) is 0 Å². The van der Waals surface area contributed by atoms with Crippen LogP contribution in [0.5, 0.6) is 0 Å². The van der Waals surface area contributed by atoms with Gasteiger partial charge >= 0.3 is 0 Å². The molecular formula is C19H18N2O2S. The fourth-order valence-electron chi connectivity index (χ4n) is 2.52. The largest absolute Gasteiger partial charge is 0.350 e. The minimum absolute atomic E-state index is 0.00499. The third-order valence-corrected chi connectivity index (χ3v) is 4.59. The molecule has 2 N–H and O–H groups in total. The van der Waals surface area contributed by atoms with Gasteiger partial charge in [0.1, 0.15) is 0 Å². The number of amides is 2. The molecule has 0 aliphatic heterocycles. The average Bonchev–Trinajstić information content (AvgIpc) is 3.12. The van der Waals surface area contributed by atoms with Crippen LogP contribution in [0.4, 0.5) is 0 Å². The van der Waals surface area contributed by atoms with Gasteiger partial charge in [0.25, 0.3) is 0 Å². The average molecular weight is 338 g/mol. The van der Waals surface area contributed by atoms with Crippen molar-refractivity contribution in [3.63, 3.8) is 0 Å². The number of carbonyl (C=O) groups is 2. The Balaban J connectivity index is 1.51. The fraction of sp³-hybridized carbons (Fsp3) is 0.158. The van der Waals surface area contributed by atoms with Crippen LogP contribution in [0, 0.1) is 0 Å². The number of hydrogen-bond donors (Lipinski definition) is 2. The van der Waals surface area contributed by atoms with Crippen molar-refractivity contribution in [1.82, 2.24) is 10.6 Å². The molecule has 0 radical (unpaired) electrons. The van der Waals surface area contributed by atoms with E-state index in [2.05, 4.69) is 10.6 Å². The first-order valence-electron chi connectivity index (χ1n) is 7.75. The van der Waals surface area contributed by atoms with Crippen molar-refractivity contribution >= 4 is 33.9 Å². The van der Waals surface area contributed by atoms with Crippen LogP contribution in [0.2, 0.25) is 0 Å². The molecule has 0 aliphatic rings. The lowest BCUT2D eigenvalue weighted by atomic mass is 10.0. The van der Waals surface area contributed by atoms with Crippen LogP contribution >= 0.6 is 11.3 Å². The van der Waals surface area contributed by atoms with E-state index in [0.717, 1.165) is 21.2 Å². The van der Waals surface area contributed by atoms with Gasteiger partial charge in [-0.25, -0.2) is 0 Å². The Labute approximate surface area is 144 Å². The summed E-state index contributed by atoms with van der Waals surface area (Å²) in [7, 11) is 0. The van der Waals surface area contributed by atoms with Crippen LogP contribution in [-0.4, -0.2) is 18.4 Å². The highest BCUT2D eigenvalue weighted by molar-refractivity contribution is 7.09. The van der Waals surface area contributed by atoms with Gasteiger partial charge in [0.15, 0.2) is 0 Å². The van der Waals surface area contributed by atoms with Crippen molar-refractivity contribution in [2.75, 3.05) is 6.54 Å². The lowest BCUT2D eigenvalue weighted by molar-refractivity contribution is -0.125. The van der Waals surface area contributed by atoms with E-state index in [9.17, 15) is 9.59 Å². The minimum Gasteiger partial charge on any atom is -0.350 e. The third-order valence-electron chi connectivity index (χ3n) is 3.72. The Morgan fingerprint density at radius 1 is 0.875 bits per heavy atom. The van der Waals surface area contributed by atoms with E-state index in [4.69, 9.17) is 0 Å². The van der Waals surface area contributed by atoms with E-state index in [1.807, 2.05) is 60.0 Å². The summed E-state index contributed by atoms with van der Waals surface area (Å²) in [6.07, 6.45) is 0.263. The van der Waals surface area contributed by atoms with E-state index in [1.54, 1.807) is 11.3 Å². The summed E-state index contributed by atoms with van der Waals surface area (Å²) in [5, 5.41) is 9.61. The van der Waals surface area contributed by atoms with Crippen LogP contribution in [0.1, 0.15) is 10.4 Å². The van der Waals surface area contributed by atoms with Gasteiger partial charge in [-0.1, -0.05) is 48.5 Å². The van der Waals surface area contributed by atoms with Crippen LogP contribution in [-0.2, 0) is 22.6 Å². The molecule has 1 heterocycles. The molecule has 1 aromatic heterocycles. The molecule has 4 nitrogen and oxygen atoms in total. The summed E-state index contributed by atoms with van der Waals surface area (Å²) in [5.74, 6) is -0.340. The number of rotatable bonds is 6. The highest BCUT2D eigenvalue weighted by atomic mass is 32.1. The number of nitrogens with one attached hydrogen (secondary N) is 2. The van der Waals surface area contributed by atoms with Gasteiger partial charge in [0.2, 0.25) is 11.8 Å². The van der Waals surface area contributed by atoms with E-state index >= 15 is 0 Å². The topological polar surface area (TPSA) is 58.2 Å². The summed E-state index contributed by atoms with van der Waals surface area (Å²) < 4.78 is 0. The second kappa shape index (κ2) is 7.75. The smallest absolute Gasteiger partial charge is 0.239 e. The molecule has 0 unspecified atom stereocenters. The van der Waals surface area contributed by atoms with E-state index in [-0.39, 0.29) is 24.8 Å². The van der Waals surface area contributed by atoms with Gasteiger partial charge in [-0.2, -0.15) is 0 Å². The normalized spacial score (nSPS) is 10.5. The first-order valence-corrected chi connectivity index (χ1v) is 8.63. The summed E-state index contributed by atoms with van der Waals surface area (Å²) in [4.78, 5) is 25.0.